The van der Waals surface area contributed by atoms with E-state index in [4.69, 9.17) is 20.9 Å². The molecule has 254 valence electrons. The average Bonchev–Trinajstić information content (AvgIpc) is 3.57. The number of nitrogens with one attached hydrogen (secondary N) is 4. The molecule has 4 heterocycles. The highest BCUT2D eigenvalue weighted by Crippen LogP contribution is 2.22. The number of imidazole rings is 1. The Morgan fingerprint density at radius 3 is 2.48 bits per heavy atom. The van der Waals surface area contributed by atoms with E-state index in [0.29, 0.717) is 22.5 Å². The molecule has 0 aliphatic rings. The zero-order valence-corrected chi connectivity index (χ0v) is 25.9. The molecule has 19 nitrogen and oxygen atoms in total. The first-order valence-corrected chi connectivity index (χ1v) is 14.9. The number of ether oxygens (including phenoxy) is 2. The molecule has 19 heteroatoms. The topological polar surface area (TPSA) is 292 Å². The lowest BCUT2D eigenvalue weighted by Crippen LogP contribution is -2.41. The lowest BCUT2D eigenvalue weighted by molar-refractivity contribution is -0.140. The number of esters is 1. The lowest BCUT2D eigenvalue weighted by Gasteiger charge is -2.15. The Labute approximate surface area is 280 Å². The van der Waals surface area contributed by atoms with Gasteiger partial charge in [-0.25, -0.2) is 19.7 Å². The number of nitrogens with two attached hydrogens (primary N) is 2. The van der Waals surface area contributed by atoms with Crippen LogP contribution in [-0.2, 0) is 22.7 Å². The number of aliphatic carboxylic acids is 1. The van der Waals surface area contributed by atoms with Crippen molar-refractivity contribution >= 4 is 57.8 Å². The largest absolute Gasteiger partial charge is 0.480 e. The van der Waals surface area contributed by atoms with Crippen molar-refractivity contribution in [3.05, 3.63) is 88.2 Å². The van der Waals surface area contributed by atoms with Crippen molar-refractivity contribution in [2.75, 3.05) is 16.8 Å². The van der Waals surface area contributed by atoms with Crippen LogP contribution in [0.15, 0.2) is 65.8 Å². The van der Waals surface area contributed by atoms with Crippen LogP contribution in [0.5, 0.6) is 11.6 Å². The van der Waals surface area contributed by atoms with Gasteiger partial charge in [0.25, 0.3) is 11.5 Å². The van der Waals surface area contributed by atoms with Crippen molar-refractivity contribution in [1.29, 1.82) is 0 Å². The Morgan fingerprint density at radius 2 is 1.72 bits per heavy atom. The molecule has 0 saturated heterocycles. The van der Waals surface area contributed by atoms with E-state index >= 15 is 0 Å². The van der Waals surface area contributed by atoms with Gasteiger partial charge in [-0.15, -0.1) is 0 Å². The van der Waals surface area contributed by atoms with Crippen LogP contribution in [0.1, 0.15) is 34.5 Å². The summed E-state index contributed by atoms with van der Waals surface area (Å²) in [7, 11) is 0. The number of H-pyrrole nitrogens is 2. The number of anilines is 3. The van der Waals surface area contributed by atoms with E-state index in [0.717, 1.165) is 5.56 Å². The van der Waals surface area contributed by atoms with E-state index in [1.807, 2.05) is 0 Å². The van der Waals surface area contributed by atoms with Crippen molar-refractivity contribution in [3.63, 3.8) is 0 Å². The summed E-state index contributed by atoms with van der Waals surface area (Å²) in [4.78, 5) is 78.9. The Balaban J connectivity index is 0.963. The zero-order valence-electron chi connectivity index (χ0n) is 25.9. The van der Waals surface area contributed by atoms with Gasteiger partial charge in [-0.05, 0) is 48.4 Å². The van der Waals surface area contributed by atoms with Crippen LogP contribution in [0, 0.1) is 0 Å². The van der Waals surface area contributed by atoms with Crippen LogP contribution in [0.3, 0.4) is 0 Å². The minimum atomic E-state index is -1.34. The summed E-state index contributed by atoms with van der Waals surface area (Å²) in [6.45, 7) is 0.347. The van der Waals surface area contributed by atoms with Crippen LogP contribution in [-0.4, -0.2) is 68.9 Å². The zero-order chi connectivity index (χ0) is 35.2. The molecule has 4 aromatic heterocycles. The second-order valence-corrected chi connectivity index (χ2v) is 10.7. The smallest absolute Gasteiger partial charge is 0.326 e. The molecular weight excluding hydrogens is 652 g/mol. The number of hydrogen-bond acceptors (Lipinski definition) is 15. The summed E-state index contributed by atoms with van der Waals surface area (Å²) in [6.07, 6.45) is 2.44. The molecule has 0 fully saturated rings. The molecule has 0 aliphatic carbocycles. The predicted octanol–water partition coefficient (Wildman–Crippen LogP) is 1.30. The molecule has 1 amide bonds. The minimum absolute atomic E-state index is 0.0197. The van der Waals surface area contributed by atoms with E-state index in [1.165, 1.54) is 24.7 Å². The van der Waals surface area contributed by atoms with Gasteiger partial charge in [0.05, 0.1) is 24.8 Å². The van der Waals surface area contributed by atoms with E-state index in [9.17, 15) is 24.3 Å². The number of carboxylic acids is 1. The standard InChI is InChI=1S/C31H28N12O7/c32-30-40-24-22(27(46)42-30)38-18(12-35-24)11-34-17-5-3-16(4-6-17)26(45)39-20(29(47)48)9-10-21(44)50-19-7-1-15(2-8-19)13-49-28-23-25(37-14-36-23)41-31(33)43-28/h1-8,12,14,20,34H,9-11,13H2,(H,39,45)(H,47,48)(H3,32,35,40,42,46)(H3,33,36,37,41,43). The summed E-state index contributed by atoms with van der Waals surface area (Å²) < 4.78 is 11.1. The molecule has 0 bridgehead atoms. The molecule has 9 N–H and O–H groups in total. The lowest BCUT2D eigenvalue weighted by atomic mass is 10.1. The number of rotatable bonds is 13. The van der Waals surface area contributed by atoms with Gasteiger partial charge in [0.15, 0.2) is 16.8 Å². The van der Waals surface area contributed by atoms with E-state index < -0.39 is 29.4 Å². The van der Waals surface area contributed by atoms with Crippen molar-refractivity contribution in [2.45, 2.75) is 32.0 Å². The van der Waals surface area contributed by atoms with Crippen molar-refractivity contribution in [1.82, 2.24) is 45.2 Å². The van der Waals surface area contributed by atoms with Crippen LogP contribution in [0.4, 0.5) is 17.6 Å². The molecule has 6 rings (SSSR count). The van der Waals surface area contributed by atoms with Gasteiger partial charge in [-0.2, -0.15) is 15.0 Å². The van der Waals surface area contributed by atoms with Crippen LogP contribution in [0.2, 0.25) is 0 Å². The van der Waals surface area contributed by atoms with Gasteiger partial charge in [0, 0.05) is 17.7 Å². The molecule has 6 aromatic rings. The van der Waals surface area contributed by atoms with Crippen LogP contribution >= 0.6 is 0 Å². The van der Waals surface area contributed by atoms with Gasteiger partial charge in [0.1, 0.15) is 23.9 Å². The number of aromatic nitrogens is 8. The Hall–Kier alpha value is -7.18. The molecule has 0 aliphatic heterocycles. The highest BCUT2D eigenvalue weighted by atomic mass is 16.5. The second-order valence-electron chi connectivity index (χ2n) is 10.7. The molecule has 0 spiro atoms. The van der Waals surface area contributed by atoms with Gasteiger partial charge in [0.2, 0.25) is 17.8 Å². The summed E-state index contributed by atoms with van der Waals surface area (Å²) >= 11 is 0. The molecule has 1 atom stereocenters. The number of nitrogen functional groups attached to an aromatic ring is 2. The summed E-state index contributed by atoms with van der Waals surface area (Å²) in [6, 6.07) is 11.4. The van der Waals surface area contributed by atoms with Crippen molar-refractivity contribution in [2.24, 2.45) is 0 Å². The summed E-state index contributed by atoms with van der Waals surface area (Å²) in [5.74, 6) is -2.18. The van der Waals surface area contributed by atoms with E-state index in [2.05, 4.69) is 50.5 Å². The van der Waals surface area contributed by atoms with Crippen molar-refractivity contribution in [3.8, 4) is 11.6 Å². The SMILES string of the molecule is Nc1nc(OCc2ccc(OC(=O)CCC(NC(=O)c3ccc(NCc4cnc5nc(N)[nH]c(=O)c5n4)cc3)C(=O)O)cc2)c2[nH]cnc2n1. The number of amides is 1. The molecule has 50 heavy (non-hydrogen) atoms. The first-order chi connectivity index (χ1) is 24.1. The number of carbonyl (C=O) groups excluding carboxylic acids is 2. The fraction of sp³-hybridized carbons (Fsp3) is 0.161. The first-order valence-electron chi connectivity index (χ1n) is 14.9. The normalized spacial score (nSPS) is 11.6. The number of nitrogens with zero attached hydrogens (tertiary/aromatic N) is 6. The van der Waals surface area contributed by atoms with Gasteiger partial charge in [-0.1, -0.05) is 12.1 Å². The van der Waals surface area contributed by atoms with Gasteiger partial charge < -0.3 is 41.7 Å². The number of carbonyl (C=O) groups is 3. The highest BCUT2D eigenvalue weighted by Gasteiger charge is 2.22. The molecule has 1 unspecified atom stereocenters. The van der Waals surface area contributed by atoms with Crippen LogP contribution < -0.4 is 37.1 Å². The Morgan fingerprint density at radius 1 is 0.940 bits per heavy atom. The first kappa shape index (κ1) is 32.7. The van der Waals surface area contributed by atoms with E-state index in [-0.39, 0.29) is 66.2 Å². The third kappa shape index (κ3) is 7.85. The number of benzene rings is 2. The molecule has 0 saturated carbocycles. The van der Waals surface area contributed by atoms with Gasteiger partial charge in [-0.3, -0.25) is 19.4 Å². The number of hydrogen-bond donors (Lipinski definition) is 7. The van der Waals surface area contributed by atoms with Crippen LogP contribution in [0.25, 0.3) is 22.3 Å². The number of carboxylic acid groups (broad SMARTS) is 1. The maximum Gasteiger partial charge on any atom is 0.326 e. The monoisotopic (exact) mass is 680 g/mol. The average molecular weight is 681 g/mol. The third-order valence-corrected chi connectivity index (χ3v) is 7.15. The molecule has 0 radical (unpaired) electrons. The fourth-order valence-electron chi connectivity index (χ4n) is 4.66. The summed E-state index contributed by atoms with van der Waals surface area (Å²) in [5, 5.41) is 15.2. The third-order valence-electron chi connectivity index (χ3n) is 7.15. The maximum atomic E-state index is 12.8. The number of aromatic amines is 2. The minimum Gasteiger partial charge on any atom is -0.480 e. The Kier molecular flexibility index (Phi) is 9.36. The molecule has 2 aromatic carbocycles. The van der Waals surface area contributed by atoms with Gasteiger partial charge >= 0.3 is 11.9 Å². The second kappa shape index (κ2) is 14.3. The fourth-order valence-corrected chi connectivity index (χ4v) is 4.66. The predicted molar refractivity (Wildman–Crippen MR) is 177 cm³/mol. The maximum absolute atomic E-state index is 12.8. The quantitative estimate of drug-likeness (QED) is 0.0668. The number of fused-ring (bicyclic) bond motifs is 2. The van der Waals surface area contributed by atoms with Crippen molar-refractivity contribution < 1.29 is 29.0 Å². The highest BCUT2D eigenvalue weighted by molar-refractivity contribution is 5.97. The molecular formula is C31H28N12O7. The Bertz CT molecular complexity index is 2260. The van der Waals surface area contributed by atoms with E-state index in [1.54, 1.807) is 36.4 Å². The summed E-state index contributed by atoms with van der Waals surface area (Å²) in [5.41, 5.74) is 13.8.